The van der Waals surface area contributed by atoms with Crippen LogP contribution >= 0.6 is 0 Å². The van der Waals surface area contributed by atoms with Gasteiger partial charge in [0.25, 0.3) is 0 Å². The Labute approximate surface area is 59.9 Å². The summed E-state index contributed by atoms with van der Waals surface area (Å²) in [5.74, 6) is -0.863. The van der Waals surface area contributed by atoms with Crippen molar-refractivity contribution in [1.29, 1.82) is 0 Å². The molecule has 0 saturated carbocycles. The van der Waals surface area contributed by atoms with Crippen LogP contribution in [0, 0.1) is 0 Å². The van der Waals surface area contributed by atoms with Crippen molar-refractivity contribution in [3.05, 3.63) is 0 Å². The summed E-state index contributed by atoms with van der Waals surface area (Å²) in [5, 5.41) is 19.4. The first kappa shape index (κ1) is 9.39. The minimum atomic E-state index is -0.863. The fourth-order valence-electron chi connectivity index (χ4n) is 0.485. The lowest BCUT2D eigenvalue weighted by molar-refractivity contribution is -0.139. The summed E-state index contributed by atoms with van der Waals surface area (Å²) in [6.45, 7) is 2.21. The maximum atomic E-state index is 10.2. The Kier molecular flexibility index (Phi) is 4.88. The summed E-state index contributed by atoms with van der Waals surface area (Å²) in [6, 6.07) is -0.522. The van der Waals surface area contributed by atoms with Gasteiger partial charge in [-0.15, -0.1) is 0 Å². The summed E-state index contributed by atoms with van der Waals surface area (Å²) in [5.41, 5.74) is 0. The van der Waals surface area contributed by atoms with Gasteiger partial charge in [0.1, 0.15) is 6.04 Å². The predicted octanol–water partition coefficient (Wildman–Crippen LogP) is -0.569. The van der Waals surface area contributed by atoms with Crippen LogP contribution in [0.4, 0.5) is 0 Å². The second-order valence-electron chi connectivity index (χ2n) is 2.09. The predicted molar refractivity (Wildman–Crippen MR) is 36.8 cm³/mol. The van der Waals surface area contributed by atoms with Gasteiger partial charge in [0.15, 0.2) is 0 Å². The molecule has 0 aliphatic rings. The number of hydrogen-bond acceptors (Lipinski definition) is 3. The average Bonchev–Trinajstić information content (AvgIpc) is 1.88. The van der Waals surface area contributed by atoms with Crippen molar-refractivity contribution in [2.45, 2.75) is 19.4 Å². The minimum absolute atomic E-state index is 0.0966. The van der Waals surface area contributed by atoms with E-state index in [1.54, 1.807) is 6.92 Å². The molecule has 1 atom stereocenters. The first-order valence-corrected chi connectivity index (χ1v) is 3.25. The number of hydrogen-bond donors (Lipinski definition) is 3. The lowest BCUT2D eigenvalue weighted by Gasteiger charge is -2.06. The third kappa shape index (κ3) is 4.29. The average molecular weight is 147 g/mol. The molecule has 0 unspecified atom stereocenters. The van der Waals surface area contributed by atoms with Crippen molar-refractivity contribution in [2.24, 2.45) is 0 Å². The van der Waals surface area contributed by atoms with Gasteiger partial charge in [-0.3, -0.25) is 4.79 Å². The zero-order chi connectivity index (χ0) is 7.98. The van der Waals surface area contributed by atoms with Crippen LogP contribution < -0.4 is 5.32 Å². The van der Waals surface area contributed by atoms with Crippen LogP contribution in [0.2, 0.25) is 0 Å². The fourth-order valence-corrected chi connectivity index (χ4v) is 0.485. The van der Waals surface area contributed by atoms with Crippen molar-refractivity contribution in [3.8, 4) is 0 Å². The molecule has 4 heteroatoms. The van der Waals surface area contributed by atoms with Gasteiger partial charge in [-0.05, 0) is 19.9 Å². The summed E-state index contributed by atoms with van der Waals surface area (Å²) in [6.07, 6.45) is 0.595. The summed E-state index contributed by atoms with van der Waals surface area (Å²) in [4.78, 5) is 10.2. The highest BCUT2D eigenvalue weighted by Crippen LogP contribution is 1.81. The molecule has 0 saturated heterocycles. The largest absolute Gasteiger partial charge is 0.480 e. The van der Waals surface area contributed by atoms with Crippen LogP contribution in [-0.4, -0.2) is 35.4 Å². The second kappa shape index (κ2) is 5.20. The number of nitrogens with one attached hydrogen (secondary N) is 1. The van der Waals surface area contributed by atoms with Gasteiger partial charge in [0.2, 0.25) is 0 Å². The Morgan fingerprint density at radius 3 is 2.70 bits per heavy atom. The smallest absolute Gasteiger partial charge is 0.320 e. The third-order valence-corrected chi connectivity index (χ3v) is 1.16. The van der Waals surface area contributed by atoms with E-state index in [1.165, 1.54) is 0 Å². The maximum Gasteiger partial charge on any atom is 0.320 e. The van der Waals surface area contributed by atoms with Crippen LogP contribution in [0.3, 0.4) is 0 Å². The Morgan fingerprint density at radius 2 is 2.30 bits per heavy atom. The molecule has 0 aliphatic heterocycles. The molecule has 10 heavy (non-hydrogen) atoms. The molecule has 0 aromatic carbocycles. The lowest BCUT2D eigenvalue weighted by atomic mass is 10.3. The highest BCUT2D eigenvalue weighted by Gasteiger charge is 2.07. The molecule has 0 fully saturated rings. The number of carbonyl (C=O) groups is 1. The third-order valence-electron chi connectivity index (χ3n) is 1.16. The Balaban J connectivity index is 3.21. The molecule has 0 spiro atoms. The number of aliphatic hydroxyl groups excluding tert-OH is 1. The fraction of sp³-hybridized carbons (Fsp3) is 0.833. The molecular weight excluding hydrogens is 134 g/mol. The van der Waals surface area contributed by atoms with Crippen LogP contribution in [0.25, 0.3) is 0 Å². The van der Waals surface area contributed by atoms with Crippen LogP contribution in [-0.2, 0) is 4.79 Å². The number of carboxylic acids is 1. The normalized spacial score (nSPS) is 13.0. The molecule has 0 rings (SSSR count). The second-order valence-corrected chi connectivity index (χ2v) is 2.09. The van der Waals surface area contributed by atoms with Gasteiger partial charge in [-0.25, -0.2) is 0 Å². The lowest BCUT2D eigenvalue weighted by Crippen LogP contribution is -2.34. The Hall–Kier alpha value is -0.610. The highest BCUT2D eigenvalue weighted by molar-refractivity contribution is 5.72. The highest BCUT2D eigenvalue weighted by atomic mass is 16.4. The molecule has 0 radical (unpaired) electrons. The van der Waals surface area contributed by atoms with E-state index in [0.717, 1.165) is 0 Å². The number of aliphatic carboxylic acids is 1. The van der Waals surface area contributed by atoms with E-state index < -0.39 is 12.0 Å². The Bertz CT molecular complexity index is 105. The van der Waals surface area contributed by atoms with Gasteiger partial charge in [0.05, 0.1) is 0 Å². The summed E-state index contributed by atoms with van der Waals surface area (Å²) >= 11 is 0. The van der Waals surface area contributed by atoms with E-state index in [4.69, 9.17) is 10.2 Å². The summed E-state index contributed by atoms with van der Waals surface area (Å²) in [7, 11) is 0. The first-order valence-electron chi connectivity index (χ1n) is 3.25. The zero-order valence-corrected chi connectivity index (χ0v) is 6.00. The van der Waals surface area contributed by atoms with Crippen molar-refractivity contribution >= 4 is 5.97 Å². The van der Waals surface area contributed by atoms with E-state index in [2.05, 4.69) is 5.32 Å². The van der Waals surface area contributed by atoms with Gasteiger partial charge in [-0.1, -0.05) is 0 Å². The van der Waals surface area contributed by atoms with E-state index >= 15 is 0 Å². The first-order chi connectivity index (χ1) is 4.68. The van der Waals surface area contributed by atoms with E-state index in [1.807, 2.05) is 0 Å². The monoisotopic (exact) mass is 147 g/mol. The molecule has 3 N–H and O–H groups in total. The number of carboxylic acid groups (broad SMARTS) is 1. The van der Waals surface area contributed by atoms with Gasteiger partial charge in [0, 0.05) is 6.61 Å². The molecule has 60 valence electrons. The van der Waals surface area contributed by atoms with Crippen LogP contribution in [0.15, 0.2) is 0 Å². The van der Waals surface area contributed by atoms with Gasteiger partial charge in [-0.2, -0.15) is 0 Å². The zero-order valence-electron chi connectivity index (χ0n) is 6.00. The van der Waals surface area contributed by atoms with Crippen molar-refractivity contribution in [3.63, 3.8) is 0 Å². The van der Waals surface area contributed by atoms with E-state index in [9.17, 15) is 4.79 Å². The topological polar surface area (TPSA) is 69.6 Å². The van der Waals surface area contributed by atoms with Crippen molar-refractivity contribution in [1.82, 2.24) is 5.32 Å². The van der Waals surface area contributed by atoms with E-state index in [-0.39, 0.29) is 6.61 Å². The van der Waals surface area contributed by atoms with Gasteiger partial charge < -0.3 is 15.5 Å². The van der Waals surface area contributed by atoms with E-state index in [0.29, 0.717) is 13.0 Å². The van der Waals surface area contributed by atoms with Crippen molar-refractivity contribution < 1.29 is 15.0 Å². The Morgan fingerprint density at radius 1 is 1.70 bits per heavy atom. The maximum absolute atomic E-state index is 10.2. The molecule has 0 aliphatic carbocycles. The molecule has 0 aromatic rings. The molecule has 0 amide bonds. The standard InChI is InChI=1S/C6H13NO3/c1-5(6(9)10)7-3-2-4-8/h5,7-8H,2-4H2,1H3,(H,9,10)/t5-/m0/s1. The summed E-state index contributed by atoms with van der Waals surface area (Å²) < 4.78 is 0. The number of aliphatic hydroxyl groups is 1. The molecular formula is C6H13NO3. The molecule has 0 heterocycles. The SMILES string of the molecule is C[C@H](NCCCO)C(=O)O. The molecule has 4 nitrogen and oxygen atoms in total. The minimum Gasteiger partial charge on any atom is -0.480 e. The number of rotatable bonds is 5. The van der Waals surface area contributed by atoms with Crippen LogP contribution in [0.1, 0.15) is 13.3 Å². The quantitative estimate of drug-likeness (QED) is 0.455. The molecule has 0 aromatic heterocycles. The van der Waals surface area contributed by atoms with Gasteiger partial charge >= 0.3 is 5.97 Å². The van der Waals surface area contributed by atoms with Crippen molar-refractivity contribution in [2.75, 3.05) is 13.2 Å². The van der Waals surface area contributed by atoms with Crippen LogP contribution in [0.5, 0.6) is 0 Å². The molecule has 0 bridgehead atoms.